The number of hydrogen-bond donors (Lipinski definition) is 1. The molecule has 6 heteroatoms. The Bertz CT molecular complexity index is 530. The minimum absolute atomic E-state index is 0.649. The Kier molecular flexibility index (Phi) is 4.03. The molecule has 0 atom stereocenters. The Morgan fingerprint density at radius 1 is 1.20 bits per heavy atom. The lowest BCUT2D eigenvalue weighted by Gasteiger charge is -2.31. The van der Waals surface area contributed by atoms with E-state index in [1.54, 1.807) is 0 Å². The van der Waals surface area contributed by atoms with E-state index in [2.05, 4.69) is 25.7 Å². The summed E-state index contributed by atoms with van der Waals surface area (Å²) in [5.74, 6) is 0.902. The Labute approximate surface area is 118 Å². The number of benzene rings is 1. The smallest absolute Gasteiger partial charge is 0.170 e. The Balaban J connectivity index is 1.69. The third-order valence-corrected chi connectivity index (χ3v) is 3.90. The van der Waals surface area contributed by atoms with E-state index in [0.29, 0.717) is 6.04 Å². The average molecular weight is 272 g/mol. The van der Waals surface area contributed by atoms with Gasteiger partial charge in [-0.05, 0) is 42.4 Å². The van der Waals surface area contributed by atoms with Crippen molar-refractivity contribution in [1.29, 1.82) is 0 Å². The molecule has 1 aliphatic rings. The van der Waals surface area contributed by atoms with Gasteiger partial charge in [-0.2, -0.15) is 4.68 Å². The Hall–Kier alpha value is -1.79. The SMILES string of the molecule is CNC1CCN(Cc2nnnn2-c2ccccc2)CC1. The molecule has 0 saturated carbocycles. The number of nitrogens with one attached hydrogen (secondary N) is 1. The number of likely N-dealkylation sites (tertiary alicyclic amines) is 1. The normalized spacial score (nSPS) is 17.4. The van der Waals surface area contributed by atoms with Crippen LogP contribution in [-0.4, -0.2) is 51.3 Å². The standard InChI is InChI=1S/C14H20N6/c1-15-12-7-9-19(10-8-12)11-14-16-17-18-20(14)13-5-3-2-4-6-13/h2-6,12,15H,7-11H2,1H3. The summed E-state index contributed by atoms with van der Waals surface area (Å²) in [6.07, 6.45) is 2.37. The van der Waals surface area contributed by atoms with Crippen LogP contribution in [0.15, 0.2) is 30.3 Å². The van der Waals surface area contributed by atoms with Crippen molar-refractivity contribution in [2.75, 3.05) is 20.1 Å². The van der Waals surface area contributed by atoms with Crippen LogP contribution in [0.1, 0.15) is 18.7 Å². The summed E-state index contributed by atoms with van der Waals surface area (Å²) in [7, 11) is 2.04. The number of para-hydroxylation sites is 1. The highest BCUT2D eigenvalue weighted by Gasteiger charge is 2.20. The van der Waals surface area contributed by atoms with E-state index in [4.69, 9.17) is 0 Å². The molecule has 0 amide bonds. The lowest BCUT2D eigenvalue weighted by atomic mass is 10.1. The molecule has 3 rings (SSSR count). The second kappa shape index (κ2) is 6.11. The van der Waals surface area contributed by atoms with Crippen LogP contribution in [0.25, 0.3) is 5.69 Å². The van der Waals surface area contributed by atoms with Crippen LogP contribution >= 0.6 is 0 Å². The van der Waals surface area contributed by atoms with Crippen LogP contribution in [0.3, 0.4) is 0 Å². The fourth-order valence-corrected chi connectivity index (χ4v) is 2.65. The zero-order valence-corrected chi connectivity index (χ0v) is 11.7. The monoisotopic (exact) mass is 272 g/mol. The first-order valence-corrected chi connectivity index (χ1v) is 7.09. The van der Waals surface area contributed by atoms with Crippen LogP contribution in [-0.2, 0) is 6.54 Å². The van der Waals surface area contributed by atoms with E-state index in [-0.39, 0.29) is 0 Å². The van der Waals surface area contributed by atoms with Gasteiger partial charge in [0, 0.05) is 19.1 Å². The van der Waals surface area contributed by atoms with Gasteiger partial charge in [-0.25, -0.2) is 0 Å². The van der Waals surface area contributed by atoms with Gasteiger partial charge in [0.25, 0.3) is 0 Å². The van der Waals surface area contributed by atoms with Crippen LogP contribution < -0.4 is 5.32 Å². The largest absolute Gasteiger partial charge is 0.317 e. The molecular formula is C14H20N6. The predicted octanol–water partition coefficient (Wildman–Crippen LogP) is 0.846. The summed E-state index contributed by atoms with van der Waals surface area (Å²) in [4.78, 5) is 2.42. The molecule has 1 aliphatic heterocycles. The zero-order valence-electron chi connectivity index (χ0n) is 11.7. The van der Waals surface area contributed by atoms with Gasteiger partial charge >= 0.3 is 0 Å². The third-order valence-electron chi connectivity index (χ3n) is 3.90. The molecule has 1 aromatic heterocycles. The molecule has 1 aromatic carbocycles. The summed E-state index contributed by atoms with van der Waals surface area (Å²) in [5.41, 5.74) is 1.01. The molecule has 0 aliphatic carbocycles. The van der Waals surface area contributed by atoms with Gasteiger partial charge in [0.2, 0.25) is 0 Å². The van der Waals surface area contributed by atoms with Crippen molar-refractivity contribution < 1.29 is 0 Å². The minimum Gasteiger partial charge on any atom is -0.317 e. The number of aromatic nitrogens is 4. The van der Waals surface area contributed by atoms with Crippen LogP contribution in [0.2, 0.25) is 0 Å². The van der Waals surface area contributed by atoms with Crippen LogP contribution in [0.4, 0.5) is 0 Å². The Morgan fingerprint density at radius 2 is 1.95 bits per heavy atom. The highest BCUT2D eigenvalue weighted by molar-refractivity contribution is 5.30. The van der Waals surface area contributed by atoms with Gasteiger partial charge in [-0.3, -0.25) is 4.90 Å². The van der Waals surface area contributed by atoms with Gasteiger partial charge in [-0.15, -0.1) is 5.10 Å². The van der Waals surface area contributed by atoms with Crippen LogP contribution in [0, 0.1) is 0 Å². The molecule has 20 heavy (non-hydrogen) atoms. The molecular weight excluding hydrogens is 252 g/mol. The second-order valence-electron chi connectivity index (χ2n) is 5.18. The predicted molar refractivity (Wildman–Crippen MR) is 76.5 cm³/mol. The fourth-order valence-electron chi connectivity index (χ4n) is 2.65. The summed E-state index contributed by atoms with van der Waals surface area (Å²) >= 11 is 0. The van der Waals surface area contributed by atoms with Crippen LogP contribution in [0.5, 0.6) is 0 Å². The minimum atomic E-state index is 0.649. The maximum atomic E-state index is 4.17. The number of piperidine rings is 1. The third kappa shape index (κ3) is 2.86. The van der Waals surface area contributed by atoms with E-state index in [1.165, 1.54) is 12.8 Å². The van der Waals surface area contributed by atoms with Crippen molar-refractivity contribution in [2.24, 2.45) is 0 Å². The van der Waals surface area contributed by atoms with E-state index in [0.717, 1.165) is 31.1 Å². The van der Waals surface area contributed by atoms with Gasteiger partial charge in [0.15, 0.2) is 5.82 Å². The number of tetrazole rings is 1. The van der Waals surface area contributed by atoms with Crippen molar-refractivity contribution >= 4 is 0 Å². The zero-order chi connectivity index (χ0) is 13.8. The first-order chi connectivity index (χ1) is 9.86. The Morgan fingerprint density at radius 3 is 2.65 bits per heavy atom. The summed E-state index contributed by atoms with van der Waals surface area (Å²) in [6, 6.07) is 10.7. The molecule has 0 spiro atoms. The summed E-state index contributed by atoms with van der Waals surface area (Å²) in [6.45, 7) is 2.98. The molecule has 2 aromatic rings. The van der Waals surface area contributed by atoms with E-state index in [1.807, 2.05) is 42.1 Å². The summed E-state index contributed by atoms with van der Waals surface area (Å²) in [5, 5.41) is 15.4. The first-order valence-electron chi connectivity index (χ1n) is 7.09. The van der Waals surface area contributed by atoms with Gasteiger partial charge in [-0.1, -0.05) is 18.2 Å². The summed E-state index contributed by atoms with van der Waals surface area (Å²) < 4.78 is 1.82. The van der Waals surface area contributed by atoms with Gasteiger partial charge in [0.05, 0.1) is 12.2 Å². The molecule has 2 heterocycles. The average Bonchev–Trinajstić information content (AvgIpc) is 2.97. The lowest BCUT2D eigenvalue weighted by Crippen LogP contribution is -2.41. The fraction of sp³-hybridized carbons (Fsp3) is 0.500. The lowest BCUT2D eigenvalue weighted by molar-refractivity contribution is 0.189. The maximum absolute atomic E-state index is 4.17. The van der Waals surface area contributed by atoms with E-state index < -0.39 is 0 Å². The van der Waals surface area contributed by atoms with Crippen molar-refractivity contribution in [3.05, 3.63) is 36.2 Å². The highest BCUT2D eigenvalue weighted by Crippen LogP contribution is 2.14. The molecule has 0 unspecified atom stereocenters. The first kappa shape index (κ1) is 13.2. The van der Waals surface area contributed by atoms with Crippen molar-refractivity contribution in [1.82, 2.24) is 30.4 Å². The van der Waals surface area contributed by atoms with Crippen molar-refractivity contribution in [3.8, 4) is 5.69 Å². The maximum Gasteiger partial charge on any atom is 0.170 e. The van der Waals surface area contributed by atoms with Crippen molar-refractivity contribution in [2.45, 2.75) is 25.4 Å². The molecule has 0 bridgehead atoms. The van der Waals surface area contributed by atoms with Crippen molar-refractivity contribution in [3.63, 3.8) is 0 Å². The van der Waals surface area contributed by atoms with Gasteiger partial charge in [0.1, 0.15) is 0 Å². The molecule has 106 valence electrons. The highest BCUT2D eigenvalue weighted by atomic mass is 15.5. The number of rotatable bonds is 4. The topological polar surface area (TPSA) is 58.9 Å². The van der Waals surface area contributed by atoms with E-state index >= 15 is 0 Å². The molecule has 0 radical (unpaired) electrons. The second-order valence-corrected chi connectivity index (χ2v) is 5.18. The van der Waals surface area contributed by atoms with E-state index in [9.17, 15) is 0 Å². The number of hydrogen-bond acceptors (Lipinski definition) is 5. The number of nitrogens with zero attached hydrogens (tertiary/aromatic N) is 5. The molecule has 1 N–H and O–H groups in total. The van der Waals surface area contributed by atoms with Gasteiger partial charge < -0.3 is 5.32 Å². The quantitative estimate of drug-likeness (QED) is 0.894. The molecule has 1 fully saturated rings. The molecule has 1 saturated heterocycles. The molecule has 6 nitrogen and oxygen atoms in total.